The molecule has 2 rings (SSSR count). The van der Waals surface area contributed by atoms with Crippen molar-refractivity contribution in [2.45, 2.75) is 44.8 Å². The molecule has 0 saturated carbocycles. The second-order valence-corrected chi connectivity index (χ2v) is 6.05. The van der Waals surface area contributed by atoms with Gasteiger partial charge in [-0.3, -0.25) is 4.79 Å². The van der Waals surface area contributed by atoms with Crippen molar-refractivity contribution in [1.29, 1.82) is 0 Å². The SMILES string of the molecule is CC1(C)CC(NC(=O)Cc2cccc(C(=O)O)c2)CCO1. The lowest BCUT2D eigenvalue weighted by molar-refractivity contribution is -0.123. The molecule has 0 aromatic heterocycles. The summed E-state index contributed by atoms with van der Waals surface area (Å²) in [5.74, 6) is -1.07. The average molecular weight is 291 g/mol. The summed E-state index contributed by atoms with van der Waals surface area (Å²) in [6, 6.07) is 6.59. The molecule has 1 aromatic carbocycles. The van der Waals surface area contributed by atoms with Crippen LogP contribution in [0.5, 0.6) is 0 Å². The minimum atomic E-state index is -0.983. The Hall–Kier alpha value is -1.88. The van der Waals surface area contributed by atoms with E-state index in [2.05, 4.69) is 5.32 Å². The van der Waals surface area contributed by atoms with Crippen LogP contribution in [0.25, 0.3) is 0 Å². The van der Waals surface area contributed by atoms with E-state index in [1.54, 1.807) is 12.1 Å². The summed E-state index contributed by atoms with van der Waals surface area (Å²) in [5, 5.41) is 12.0. The van der Waals surface area contributed by atoms with E-state index in [0.29, 0.717) is 12.2 Å². The van der Waals surface area contributed by atoms with Crippen molar-refractivity contribution in [2.75, 3.05) is 6.61 Å². The summed E-state index contributed by atoms with van der Waals surface area (Å²) in [6.07, 6.45) is 1.79. The van der Waals surface area contributed by atoms with Gasteiger partial charge in [0.05, 0.1) is 17.6 Å². The fraction of sp³-hybridized carbons (Fsp3) is 0.500. The number of hydrogen-bond acceptors (Lipinski definition) is 3. The molecule has 114 valence electrons. The molecule has 0 aliphatic carbocycles. The Balaban J connectivity index is 1.92. The van der Waals surface area contributed by atoms with Gasteiger partial charge in [-0.1, -0.05) is 12.1 Å². The molecule has 5 nitrogen and oxygen atoms in total. The molecule has 1 aromatic rings. The van der Waals surface area contributed by atoms with E-state index in [1.165, 1.54) is 12.1 Å². The van der Waals surface area contributed by atoms with Crippen molar-refractivity contribution in [3.8, 4) is 0 Å². The van der Waals surface area contributed by atoms with Gasteiger partial charge in [0, 0.05) is 12.6 Å². The van der Waals surface area contributed by atoms with E-state index < -0.39 is 5.97 Å². The van der Waals surface area contributed by atoms with Gasteiger partial charge in [0.1, 0.15) is 0 Å². The molecule has 1 unspecified atom stereocenters. The zero-order valence-corrected chi connectivity index (χ0v) is 12.4. The molecule has 1 atom stereocenters. The van der Waals surface area contributed by atoms with Crippen LogP contribution in [-0.4, -0.2) is 35.2 Å². The largest absolute Gasteiger partial charge is 0.478 e. The van der Waals surface area contributed by atoms with Crippen molar-refractivity contribution in [3.05, 3.63) is 35.4 Å². The summed E-state index contributed by atoms with van der Waals surface area (Å²) < 4.78 is 5.62. The number of nitrogens with one attached hydrogen (secondary N) is 1. The van der Waals surface area contributed by atoms with Crippen LogP contribution in [0, 0.1) is 0 Å². The molecule has 21 heavy (non-hydrogen) atoms. The monoisotopic (exact) mass is 291 g/mol. The van der Waals surface area contributed by atoms with E-state index in [1.807, 2.05) is 13.8 Å². The van der Waals surface area contributed by atoms with Gasteiger partial charge in [-0.15, -0.1) is 0 Å². The van der Waals surface area contributed by atoms with Crippen molar-refractivity contribution >= 4 is 11.9 Å². The number of rotatable bonds is 4. The molecule has 5 heteroatoms. The predicted molar refractivity (Wildman–Crippen MR) is 78.3 cm³/mol. The summed E-state index contributed by atoms with van der Waals surface area (Å²) >= 11 is 0. The second-order valence-electron chi connectivity index (χ2n) is 6.05. The molecule has 1 amide bonds. The molecular formula is C16H21NO4. The third kappa shape index (κ3) is 4.56. The Morgan fingerprint density at radius 3 is 2.86 bits per heavy atom. The quantitative estimate of drug-likeness (QED) is 0.889. The van der Waals surface area contributed by atoms with Crippen LogP contribution in [0.3, 0.4) is 0 Å². The average Bonchev–Trinajstić information content (AvgIpc) is 2.37. The van der Waals surface area contributed by atoms with Gasteiger partial charge >= 0.3 is 5.97 Å². The minimum Gasteiger partial charge on any atom is -0.478 e. The Morgan fingerprint density at radius 1 is 1.43 bits per heavy atom. The first-order valence-corrected chi connectivity index (χ1v) is 7.11. The summed E-state index contributed by atoms with van der Waals surface area (Å²) in [6.45, 7) is 4.68. The molecule has 1 fully saturated rings. The van der Waals surface area contributed by atoms with Crippen LogP contribution < -0.4 is 5.32 Å². The third-order valence-corrected chi connectivity index (χ3v) is 3.60. The van der Waals surface area contributed by atoms with Crippen molar-refractivity contribution in [3.63, 3.8) is 0 Å². The van der Waals surface area contributed by atoms with E-state index in [4.69, 9.17) is 9.84 Å². The van der Waals surface area contributed by atoms with E-state index in [9.17, 15) is 9.59 Å². The molecule has 0 bridgehead atoms. The van der Waals surface area contributed by atoms with Crippen molar-refractivity contribution in [2.24, 2.45) is 0 Å². The van der Waals surface area contributed by atoms with Crippen LogP contribution in [0.2, 0.25) is 0 Å². The van der Waals surface area contributed by atoms with Gasteiger partial charge in [0.2, 0.25) is 5.91 Å². The normalized spacial score (nSPS) is 20.8. The van der Waals surface area contributed by atoms with E-state index in [0.717, 1.165) is 12.8 Å². The maximum Gasteiger partial charge on any atom is 0.335 e. The highest BCUT2D eigenvalue weighted by molar-refractivity contribution is 5.88. The maximum absolute atomic E-state index is 12.1. The minimum absolute atomic E-state index is 0.0831. The van der Waals surface area contributed by atoms with Gasteiger partial charge in [-0.25, -0.2) is 4.79 Å². The highest BCUT2D eigenvalue weighted by Crippen LogP contribution is 2.23. The molecule has 0 radical (unpaired) electrons. The van der Waals surface area contributed by atoms with Gasteiger partial charge in [-0.2, -0.15) is 0 Å². The Labute approximate surface area is 124 Å². The Morgan fingerprint density at radius 2 is 2.19 bits per heavy atom. The van der Waals surface area contributed by atoms with Crippen molar-refractivity contribution < 1.29 is 19.4 Å². The van der Waals surface area contributed by atoms with Crippen LogP contribution in [0.1, 0.15) is 42.6 Å². The summed E-state index contributed by atoms with van der Waals surface area (Å²) in [5.41, 5.74) is 0.700. The number of carbonyl (C=O) groups excluding carboxylic acids is 1. The number of carboxylic acids is 1. The predicted octanol–water partition coefficient (Wildman–Crippen LogP) is 2.00. The maximum atomic E-state index is 12.1. The lowest BCUT2D eigenvalue weighted by atomic mass is 9.94. The van der Waals surface area contributed by atoms with Crippen molar-refractivity contribution in [1.82, 2.24) is 5.32 Å². The van der Waals surface area contributed by atoms with Gasteiger partial charge < -0.3 is 15.2 Å². The molecular weight excluding hydrogens is 270 g/mol. The van der Waals surface area contributed by atoms with Crippen LogP contribution in [0.4, 0.5) is 0 Å². The zero-order valence-electron chi connectivity index (χ0n) is 12.4. The topological polar surface area (TPSA) is 75.6 Å². The summed E-state index contributed by atoms with van der Waals surface area (Å²) in [4.78, 5) is 23.0. The van der Waals surface area contributed by atoms with Gasteiger partial charge in [0.25, 0.3) is 0 Å². The van der Waals surface area contributed by atoms with Crippen LogP contribution in [0.15, 0.2) is 24.3 Å². The molecule has 1 aliphatic rings. The Bertz CT molecular complexity index is 539. The standard InChI is InChI=1S/C16H21NO4/c1-16(2)10-13(6-7-21-16)17-14(18)9-11-4-3-5-12(8-11)15(19)20/h3-5,8,13H,6-7,9-10H2,1-2H3,(H,17,18)(H,19,20). The van der Waals surface area contributed by atoms with Crippen LogP contribution in [-0.2, 0) is 16.0 Å². The second kappa shape index (κ2) is 6.26. The number of aromatic carboxylic acids is 1. The first kappa shape index (κ1) is 15.5. The first-order valence-electron chi connectivity index (χ1n) is 7.11. The number of carbonyl (C=O) groups is 2. The van der Waals surface area contributed by atoms with Crippen LogP contribution >= 0.6 is 0 Å². The molecule has 2 N–H and O–H groups in total. The zero-order chi connectivity index (χ0) is 15.5. The molecule has 1 aliphatic heterocycles. The fourth-order valence-electron chi connectivity index (χ4n) is 2.63. The van der Waals surface area contributed by atoms with E-state index >= 15 is 0 Å². The molecule has 1 saturated heterocycles. The lowest BCUT2D eigenvalue weighted by Crippen LogP contribution is -2.46. The third-order valence-electron chi connectivity index (χ3n) is 3.60. The summed E-state index contributed by atoms with van der Waals surface area (Å²) in [7, 11) is 0. The Kier molecular flexibility index (Phi) is 4.63. The number of amides is 1. The first-order chi connectivity index (χ1) is 9.85. The highest BCUT2D eigenvalue weighted by atomic mass is 16.5. The molecule has 1 heterocycles. The number of carboxylic acid groups (broad SMARTS) is 1. The lowest BCUT2D eigenvalue weighted by Gasteiger charge is -2.35. The van der Waals surface area contributed by atoms with Gasteiger partial charge in [0.15, 0.2) is 0 Å². The smallest absolute Gasteiger partial charge is 0.335 e. The number of benzene rings is 1. The molecule has 0 spiro atoms. The number of ether oxygens (including phenoxy) is 1. The fourth-order valence-corrected chi connectivity index (χ4v) is 2.63. The number of hydrogen-bond donors (Lipinski definition) is 2. The highest BCUT2D eigenvalue weighted by Gasteiger charge is 2.29. The van der Waals surface area contributed by atoms with Gasteiger partial charge in [-0.05, 0) is 44.4 Å². The van der Waals surface area contributed by atoms with E-state index in [-0.39, 0.29) is 29.5 Å².